The molecular formula is C12H17N3. The van der Waals surface area contributed by atoms with Gasteiger partial charge in [-0.2, -0.15) is 0 Å². The minimum atomic E-state index is 0.770. The lowest BCUT2D eigenvalue weighted by Gasteiger charge is -2.29. The topological polar surface area (TPSA) is 40.0 Å². The van der Waals surface area contributed by atoms with E-state index in [2.05, 4.69) is 22.9 Å². The van der Waals surface area contributed by atoms with Crippen LogP contribution < -0.4 is 0 Å². The molecule has 2 rings (SSSR count). The molecule has 3 nitrogen and oxygen atoms in total. The number of aromatic nitrogens is 1. The Bertz CT molecular complexity index is 360. The van der Waals surface area contributed by atoms with Crippen LogP contribution in [0.4, 0.5) is 0 Å². The summed E-state index contributed by atoms with van der Waals surface area (Å²) >= 11 is 0. The molecule has 1 aromatic heterocycles. The predicted molar refractivity (Wildman–Crippen MR) is 61.0 cm³/mol. The summed E-state index contributed by atoms with van der Waals surface area (Å²) in [6, 6.07) is 4.04. The molecule has 0 spiro atoms. The number of pyridine rings is 1. The van der Waals surface area contributed by atoms with Crippen molar-refractivity contribution in [3.8, 4) is 0 Å². The first-order valence-electron chi connectivity index (χ1n) is 5.50. The van der Waals surface area contributed by atoms with Gasteiger partial charge in [-0.3, -0.25) is 10.4 Å². The maximum atomic E-state index is 7.86. The highest BCUT2D eigenvalue weighted by atomic mass is 15.2. The second kappa shape index (κ2) is 4.43. The molecule has 1 N–H and O–H groups in total. The number of hydrogen-bond acceptors (Lipinski definition) is 2. The van der Waals surface area contributed by atoms with Gasteiger partial charge in [0.2, 0.25) is 0 Å². The fourth-order valence-electron chi connectivity index (χ4n) is 1.93. The van der Waals surface area contributed by atoms with E-state index in [1.165, 1.54) is 12.0 Å². The van der Waals surface area contributed by atoms with Gasteiger partial charge in [-0.05, 0) is 31.4 Å². The van der Waals surface area contributed by atoms with E-state index < -0.39 is 0 Å². The Morgan fingerprint density at radius 3 is 3.07 bits per heavy atom. The monoisotopic (exact) mass is 203 g/mol. The van der Waals surface area contributed by atoms with Crippen LogP contribution in [-0.4, -0.2) is 22.3 Å². The third-order valence-electron chi connectivity index (χ3n) is 2.93. The largest absolute Gasteiger partial charge is 0.355 e. The van der Waals surface area contributed by atoms with Crippen molar-refractivity contribution in [2.75, 3.05) is 6.54 Å². The van der Waals surface area contributed by atoms with E-state index in [-0.39, 0.29) is 0 Å². The first-order chi connectivity index (χ1) is 7.27. The van der Waals surface area contributed by atoms with Gasteiger partial charge in [-0.1, -0.05) is 6.07 Å². The molecule has 0 unspecified atom stereocenters. The quantitative estimate of drug-likeness (QED) is 0.801. The summed E-state index contributed by atoms with van der Waals surface area (Å²) in [6.07, 6.45) is 5.12. The van der Waals surface area contributed by atoms with Gasteiger partial charge in [0, 0.05) is 19.2 Å². The standard InChI is InChI=1S/C12H17N3/c1-10-5-4-7-14-11(10)9-15-8-3-2-6-12(15)13/h4-5,7,13H,2-3,6,8-9H2,1H3. The van der Waals surface area contributed by atoms with E-state index in [4.69, 9.17) is 5.41 Å². The van der Waals surface area contributed by atoms with Crippen molar-refractivity contribution >= 4 is 5.84 Å². The van der Waals surface area contributed by atoms with Gasteiger partial charge in [-0.15, -0.1) is 0 Å². The number of nitrogens with one attached hydrogen (secondary N) is 1. The third kappa shape index (κ3) is 2.35. The van der Waals surface area contributed by atoms with Crippen LogP contribution in [0.5, 0.6) is 0 Å². The molecule has 0 radical (unpaired) electrons. The highest BCUT2D eigenvalue weighted by Gasteiger charge is 2.15. The maximum Gasteiger partial charge on any atom is 0.0961 e. The smallest absolute Gasteiger partial charge is 0.0961 e. The van der Waals surface area contributed by atoms with Crippen LogP contribution in [0.15, 0.2) is 18.3 Å². The first-order valence-corrected chi connectivity index (χ1v) is 5.50. The van der Waals surface area contributed by atoms with Crippen LogP contribution in [0.3, 0.4) is 0 Å². The molecule has 3 heteroatoms. The Balaban J connectivity index is 2.08. The van der Waals surface area contributed by atoms with E-state index >= 15 is 0 Å². The lowest BCUT2D eigenvalue weighted by molar-refractivity contribution is 0.356. The highest BCUT2D eigenvalue weighted by molar-refractivity contribution is 5.79. The molecule has 80 valence electrons. The minimum absolute atomic E-state index is 0.770. The summed E-state index contributed by atoms with van der Waals surface area (Å²) in [7, 11) is 0. The number of rotatable bonds is 2. The highest BCUT2D eigenvalue weighted by Crippen LogP contribution is 2.15. The second-order valence-corrected chi connectivity index (χ2v) is 4.09. The average molecular weight is 203 g/mol. The van der Waals surface area contributed by atoms with Crippen LogP contribution in [0.2, 0.25) is 0 Å². The second-order valence-electron chi connectivity index (χ2n) is 4.09. The molecule has 2 heterocycles. The van der Waals surface area contributed by atoms with Crippen LogP contribution in [0.1, 0.15) is 30.5 Å². The van der Waals surface area contributed by atoms with E-state index in [1.54, 1.807) is 0 Å². The molecule has 0 saturated carbocycles. The molecule has 1 fully saturated rings. The van der Waals surface area contributed by atoms with Gasteiger partial charge < -0.3 is 4.90 Å². The molecule has 0 aliphatic carbocycles. The van der Waals surface area contributed by atoms with Crippen molar-refractivity contribution in [1.29, 1.82) is 5.41 Å². The van der Waals surface area contributed by atoms with Crippen molar-refractivity contribution in [1.82, 2.24) is 9.88 Å². The summed E-state index contributed by atoms with van der Waals surface area (Å²) in [5.74, 6) is 0.770. The SMILES string of the molecule is Cc1cccnc1CN1CCCCC1=N. The number of likely N-dealkylation sites (tertiary alicyclic amines) is 1. The molecule has 1 aliphatic rings. The van der Waals surface area contributed by atoms with E-state index in [1.807, 2.05) is 12.3 Å². The van der Waals surface area contributed by atoms with Gasteiger partial charge in [0.25, 0.3) is 0 Å². The number of amidine groups is 1. The average Bonchev–Trinajstić information content (AvgIpc) is 2.24. The van der Waals surface area contributed by atoms with E-state index in [9.17, 15) is 0 Å². The van der Waals surface area contributed by atoms with E-state index in [0.717, 1.165) is 37.5 Å². The van der Waals surface area contributed by atoms with Gasteiger partial charge >= 0.3 is 0 Å². The summed E-state index contributed by atoms with van der Waals surface area (Å²) in [4.78, 5) is 6.51. The molecule has 0 aromatic carbocycles. The van der Waals surface area contributed by atoms with Crippen molar-refractivity contribution in [3.05, 3.63) is 29.6 Å². The Hall–Kier alpha value is -1.38. The van der Waals surface area contributed by atoms with Gasteiger partial charge in [0.15, 0.2) is 0 Å². The maximum absolute atomic E-state index is 7.86. The van der Waals surface area contributed by atoms with Crippen LogP contribution in [-0.2, 0) is 6.54 Å². The minimum Gasteiger partial charge on any atom is -0.355 e. The molecule has 1 aromatic rings. The fraction of sp³-hybridized carbons (Fsp3) is 0.500. The van der Waals surface area contributed by atoms with Crippen molar-refractivity contribution in [2.45, 2.75) is 32.7 Å². The Morgan fingerprint density at radius 1 is 1.47 bits per heavy atom. The summed E-state index contributed by atoms with van der Waals surface area (Å²) < 4.78 is 0. The Morgan fingerprint density at radius 2 is 2.33 bits per heavy atom. The third-order valence-corrected chi connectivity index (χ3v) is 2.93. The molecule has 0 amide bonds. The van der Waals surface area contributed by atoms with Crippen LogP contribution >= 0.6 is 0 Å². The number of hydrogen-bond donors (Lipinski definition) is 1. The zero-order valence-electron chi connectivity index (χ0n) is 9.16. The van der Waals surface area contributed by atoms with Crippen LogP contribution in [0.25, 0.3) is 0 Å². The zero-order valence-corrected chi connectivity index (χ0v) is 9.16. The molecule has 1 saturated heterocycles. The Labute approximate surface area is 90.6 Å². The molecule has 0 atom stereocenters. The predicted octanol–water partition coefficient (Wildman–Crippen LogP) is 2.35. The summed E-state index contributed by atoms with van der Waals surface area (Å²) in [5, 5.41) is 7.86. The number of piperidine rings is 1. The van der Waals surface area contributed by atoms with E-state index in [0.29, 0.717) is 0 Å². The van der Waals surface area contributed by atoms with Gasteiger partial charge in [0.1, 0.15) is 0 Å². The molecule has 1 aliphatic heterocycles. The lowest BCUT2D eigenvalue weighted by atomic mass is 10.1. The summed E-state index contributed by atoms with van der Waals surface area (Å²) in [5.41, 5.74) is 2.32. The van der Waals surface area contributed by atoms with Crippen molar-refractivity contribution < 1.29 is 0 Å². The molecule has 0 bridgehead atoms. The Kier molecular flexibility index (Phi) is 2.99. The molecule has 15 heavy (non-hydrogen) atoms. The first kappa shape index (κ1) is 10.1. The zero-order chi connectivity index (χ0) is 10.7. The molecular weight excluding hydrogens is 186 g/mol. The number of nitrogens with zero attached hydrogens (tertiary/aromatic N) is 2. The van der Waals surface area contributed by atoms with Crippen LogP contribution in [0, 0.1) is 12.3 Å². The van der Waals surface area contributed by atoms with Crippen molar-refractivity contribution in [3.63, 3.8) is 0 Å². The fourth-order valence-corrected chi connectivity index (χ4v) is 1.93. The lowest BCUT2D eigenvalue weighted by Crippen LogP contribution is -2.34. The number of aryl methyl sites for hydroxylation is 1. The van der Waals surface area contributed by atoms with Gasteiger partial charge in [-0.25, -0.2) is 0 Å². The normalized spacial score (nSPS) is 16.9. The summed E-state index contributed by atoms with van der Waals surface area (Å²) in [6.45, 7) is 3.89. The van der Waals surface area contributed by atoms with Crippen molar-refractivity contribution in [2.24, 2.45) is 0 Å². The van der Waals surface area contributed by atoms with Gasteiger partial charge in [0.05, 0.1) is 18.1 Å².